The first-order chi connectivity index (χ1) is 15.1. The predicted molar refractivity (Wildman–Crippen MR) is 122 cm³/mol. The van der Waals surface area contributed by atoms with Crippen molar-refractivity contribution in [3.63, 3.8) is 0 Å². The van der Waals surface area contributed by atoms with Gasteiger partial charge in [-0.25, -0.2) is 4.98 Å². The molecule has 1 N–H and O–H groups in total. The van der Waals surface area contributed by atoms with Crippen molar-refractivity contribution in [3.05, 3.63) is 35.8 Å². The number of hydrogen-bond acceptors (Lipinski definition) is 5. The van der Waals surface area contributed by atoms with Crippen LogP contribution in [0, 0.1) is 0 Å². The lowest BCUT2D eigenvalue weighted by atomic mass is 9.88. The fourth-order valence-corrected chi connectivity index (χ4v) is 5.23. The molecule has 1 spiro atoms. The van der Waals surface area contributed by atoms with Gasteiger partial charge in [0.25, 0.3) is 0 Å². The minimum Gasteiger partial charge on any atom is -0.370 e. The number of imidazole rings is 1. The van der Waals surface area contributed by atoms with Crippen LogP contribution in [0.15, 0.2) is 30.1 Å². The molecule has 168 valence electrons. The number of ether oxygens (including phenoxy) is 1. The summed E-state index contributed by atoms with van der Waals surface area (Å²) in [6.07, 6.45) is 12.3. The van der Waals surface area contributed by atoms with Crippen LogP contribution in [-0.4, -0.2) is 62.1 Å². The average Bonchev–Trinajstić information content (AvgIpc) is 3.44. The van der Waals surface area contributed by atoms with E-state index in [4.69, 9.17) is 9.84 Å². The van der Waals surface area contributed by atoms with Gasteiger partial charge in [-0.3, -0.25) is 9.58 Å². The van der Waals surface area contributed by atoms with Gasteiger partial charge >= 0.3 is 0 Å². The number of piperidine rings is 1. The third kappa shape index (κ3) is 4.64. The topological polar surface area (TPSA) is 60.1 Å². The molecule has 2 aromatic rings. The van der Waals surface area contributed by atoms with Crippen LogP contribution < -0.4 is 5.32 Å². The fourth-order valence-electron chi connectivity index (χ4n) is 5.23. The minimum atomic E-state index is 0.0876. The Hall–Kier alpha value is -1.96. The summed E-state index contributed by atoms with van der Waals surface area (Å²) in [7, 11) is 0. The molecule has 0 amide bonds. The van der Waals surface area contributed by atoms with Crippen LogP contribution in [0.25, 0.3) is 11.5 Å². The molecule has 5 rings (SSSR count). The molecule has 3 aliphatic rings. The SMILES string of the molecule is CC(C)=CCN1CCC2(CCC(Cn3ccnc3-c3cc4n(n3)CCCNC4)O2)CC1. The van der Waals surface area contributed by atoms with E-state index in [1.807, 2.05) is 6.20 Å². The number of rotatable bonds is 5. The van der Waals surface area contributed by atoms with E-state index in [1.54, 1.807) is 0 Å². The Bertz CT molecular complexity index is 893. The molecule has 2 fully saturated rings. The summed E-state index contributed by atoms with van der Waals surface area (Å²) < 4.78 is 11.1. The van der Waals surface area contributed by atoms with Crippen LogP contribution >= 0.6 is 0 Å². The molecule has 1 unspecified atom stereocenters. The van der Waals surface area contributed by atoms with Crippen molar-refractivity contribution >= 4 is 0 Å². The first kappa shape index (κ1) is 20.9. The number of nitrogens with one attached hydrogen (secondary N) is 1. The maximum Gasteiger partial charge on any atom is 0.160 e. The van der Waals surface area contributed by atoms with Crippen LogP contribution in [0.3, 0.4) is 0 Å². The minimum absolute atomic E-state index is 0.0876. The molecule has 0 bridgehead atoms. The van der Waals surface area contributed by atoms with Crippen LogP contribution in [0.2, 0.25) is 0 Å². The second-order valence-electron chi connectivity index (χ2n) is 9.72. The third-order valence-electron chi connectivity index (χ3n) is 7.10. The lowest BCUT2D eigenvalue weighted by molar-refractivity contribution is -0.0794. The Balaban J connectivity index is 1.21. The summed E-state index contributed by atoms with van der Waals surface area (Å²) >= 11 is 0. The first-order valence-electron chi connectivity index (χ1n) is 11.9. The van der Waals surface area contributed by atoms with Crippen LogP contribution in [0.5, 0.6) is 0 Å². The molecule has 7 nitrogen and oxygen atoms in total. The molecule has 3 aliphatic heterocycles. The van der Waals surface area contributed by atoms with Gasteiger partial charge in [0, 0.05) is 45.1 Å². The Kier molecular flexibility index (Phi) is 5.99. The first-order valence-corrected chi connectivity index (χ1v) is 11.9. The highest BCUT2D eigenvalue weighted by Gasteiger charge is 2.42. The summed E-state index contributed by atoms with van der Waals surface area (Å²) in [5, 5.41) is 8.32. The van der Waals surface area contributed by atoms with E-state index in [1.165, 1.54) is 17.7 Å². The summed E-state index contributed by atoms with van der Waals surface area (Å²) in [6, 6.07) is 2.19. The van der Waals surface area contributed by atoms with E-state index in [0.29, 0.717) is 0 Å². The zero-order valence-corrected chi connectivity index (χ0v) is 19.0. The fraction of sp³-hybridized carbons (Fsp3) is 0.667. The molecule has 0 radical (unpaired) electrons. The number of fused-ring (bicyclic) bond motifs is 1. The second kappa shape index (κ2) is 8.88. The van der Waals surface area contributed by atoms with Crippen molar-refractivity contribution in [2.75, 3.05) is 26.2 Å². The van der Waals surface area contributed by atoms with Gasteiger partial charge in [0.2, 0.25) is 0 Å². The number of aromatic nitrogens is 4. The lowest BCUT2D eigenvalue weighted by Crippen LogP contribution is -2.44. The molecule has 0 saturated carbocycles. The van der Waals surface area contributed by atoms with Crippen molar-refractivity contribution < 1.29 is 4.74 Å². The van der Waals surface area contributed by atoms with Gasteiger partial charge in [0.15, 0.2) is 5.82 Å². The van der Waals surface area contributed by atoms with Crippen LogP contribution in [0.4, 0.5) is 0 Å². The zero-order chi connectivity index (χ0) is 21.3. The number of hydrogen-bond donors (Lipinski definition) is 1. The molecular formula is C24H36N6O. The quantitative estimate of drug-likeness (QED) is 0.747. The smallest absolute Gasteiger partial charge is 0.160 e. The van der Waals surface area contributed by atoms with Gasteiger partial charge in [-0.2, -0.15) is 5.10 Å². The van der Waals surface area contributed by atoms with Gasteiger partial charge in [0.05, 0.1) is 23.9 Å². The Labute approximate surface area is 185 Å². The number of allylic oxidation sites excluding steroid dienone is 1. The summed E-state index contributed by atoms with van der Waals surface area (Å²) in [5.41, 5.74) is 3.71. The van der Waals surface area contributed by atoms with Gasteiger partial charge < -0.3 is 14.6 Å². The van der Waals surface area contributed by atoms with E-state index in [0.717, 1.165) is 83.0 Å². The molecular weight excluding hydrogens is 388 g/mol. The monoisotopic (exact) mass is 424 g/mol. The Morgan fingerprint density at radius 3 is 2.97 bits per heavy atom. The maximum absolute atomic E-state index is 6.70. The molecule has 5 heterocycles. The van der Waals surface area contributed by atoms with Crippen LogP contribution in [0.1, 0.15) is 51.6 Å². The molecule has 7 heteroatoms. The average molecular weight is 425 g/mol. The Morgan fingerprint density at radius 2 is 2.13 bits per heavy atom. The van der Waals surface area contributed by atoms with Crippen molar-refractivity contribution in [1.82, 2.24) is 29.5 Å². The van der Waals surface area contributed by atoms with Gasteiger partial charge in [-0.15, -0.1) is 0 Å². The van der Waals surface area contributed by atoms with Gasteiger partial charge in [-0.1, -0.05) is 11.6 Å². The molecule has 0 aromatic carbocycles. The summed E-state index contributed by atoms with van der Waals surface area (Å²) in [4.78, 5) is 7.20. The number of aryl methyl sites for hydroxylation is 1. The highest BCUT2D eigenvalue weighted by molar-refractivity contribution is 5.50. The number of nitrogens with zero attached hydrogens (tertiary/aromatic N) is 5. The van der Waals surface area contributed by atoms with Gasteiger partial charge in [0.1, 0.15) is 5.69 Å². The molecule has 2 aromatic heterocycles. The maximum atomic E-state index is 6.70. The van der Waals surface area contributed by atoms with Crippen molar-refractivity contribution in [1.29, 1.82) is 0 Å². The lowest BCUT2D eigenvalue weighted by Gasteiger charge is -2.39. The third-order valence-corrected chi connectivity index (χ3v) is 7.10. The van der Waals surface area contributed by atoms with Crippen molar-refractivity contribution in [2.45, 2.75) is 77.3 Å². The molecule has 2 saturated heterocycles. The van der Waals surface area contributed by atoms with Crippen LogP contribution in [-0.2, 0) is 24.4 Å². The predicted octanol–water partition coefficient (Wildman–Crippen LogP) is 3.22. The van der Waals surface area contributed by atoms with E-state index in [9.17, 15) is 0 Å². The van der Waals surface area contributed by atoms with Crippen molar-refractivity contribution in [2.24, 2.45) is 0 Å². The largest absolute Gasteiger partial charge is 0.370 e. The van der Waals surface area contributed by atoms with E-state index >= 15 is 0 Å². The second-order valence-corrected chi connectivity index (χ2v) is 9.72. The number of likely N-dealkylation sites (tertiary alicyclic amines) is 1. The summed E-state index contributed by atoms with van der Waals surface area (Å²) in [6.45, 7) is 11.5. The highest BCUT2D eigenvalue weighted by atomic mass is 16.5. The summed E-state index contributed by atoms with van der Waals surface area (Å²) in [5.74, 6) is 0.960. The Morgan fingerprint density at radius 1 is 1.26 bits per heavy atom. The van der Waals surface area contributed by atoms with E-state index in [2.05, 4.69) is 56.6 Å². The van der Waals surface area contributed by atoms with E-state index in [-0.39, 0.29) is 11.7 Å². The molecule has 31 heavy (non-hydrogen) atoms. The highest BCUT2D eigenvalue weighted by Crippen LogP contribution is 2.39. The molecule has 1 atom stereocenters. The van der Waals surface area contributed by atoms with E-state index < -0.39 is 0 Å². The normalized spacial score (nSPS) is 23.6. The van der Waals surface area contributed by atoms with Crippen molar-refractivity contribution in [3.8, 4) is 11.5 Å². The zero-order valence-electron chi connectivity index (χ0n) is 19.0. The standard InChI is InChI=1S/C24H36N6O/c1-19(2)5-12-28-13-7-24(8-14-28)6-4-21(31-24)18-29-15-10-26-23(29)22-16-20-17-25-9-3-11-30(20)27-22/h5,10,15-16,21,25H,3-4,6-9,11-14,17-18H2,1-2H3. The van der Waals surface area contributed by atoms with Gasteiger partial charge in [-0.05, 0) is 58.6 Å². The molecule has 0 aliphatic carbocycles.